The van der Waals surface area contributed by atoms with Gasteiger partial charge in [0.1, 0.15) is 0 Å². The minimum absolute atomic E-state index is 0. The summed E-state index contributed by atoms with van der Waals surface area (Å²) in [7, 11) is 0. The molecular weight excluding hydrogens is 174 g/mol. The van der Waals surface area contributed by atoms with Gasteiger partial charge in [0, 0.05) is 0 Å². The Balaban J connectivity index is -0.0000000417. The van der Waals surface area contributed by atoms with Gasteiger partial charge in [-0.15, -0.1) is 0 Å². The van der Waals surface area contributed by atoms with E-state index in [0.717, 1.165) is 0 Å². The minimum Gasteiger partial charge on any atom is -0.543 e. The largest absolute Gasteiger partial charge is 2.00 e. The Morgan fingerprint density at radius 3 is 1.11 bits per heavy atom. The smallest absolute Gasteiger partial charge is 0.543 e. The van der Waals surface area contributed by atoms with Gasteiger partial charge in [0.05, 0.1) is 11.9 Å². The van der Waals surface area contributed by atoms with Gasteiger partial charge in [-0.3, -0.25) is 0 Å². The van der Waals surface area contributed by atoms with E-state index in [9.17, 15) is 0 Å². The fraction of sp³-hybridized carbons (Fsp3) is 0. The molecule has 0 heterocycles. The number of carbonyl (C=O) groups excluding carboxylic acids is 2. The number of aliphatic carboxylic acids is 2. The van der Waals surface area contributed by atoms with Crippen molar-refractivity contribution in [2.24, 2.45) is 0 Å². The molecule has 0 fully saturated rings. The van der Waals surface area contributed by atoms with E-state index in [2.05, 4.69) is 0 Å². The molecule has 0 unspecified atom stereocenters. The fourth-order valence-corrected chi connectivity index (χ4v) is 0. The first-order valence-electron chi connectivity index (χ1n) is 1.07. The van der Waals surface area contributed by atoms with E-state index in [4.69, 9.17) is 19.8 Å². The van der Waals surface area contributed by atoms with Gasteiger partial charge < -0.3 is 31.4 Å². The maximum absolute atomic E-state index is 8.93. The molecule has 0 bridgehead atoms. The molecule has 5 N–H and O–H groups in total. The molecule has 0 saturated heterocycles. The average molecular weight is 179 g/mol. The van der Waals surface area contributed by atoms with Crippen molar-refractivity contribution in [1.29, 1.82) is 0 Å². The second-order valence-electron chi connectivity index (χ2n) is 0.575. The molecule has 0 aromatic heterocycles. The maximum atomic E-state index is 8.93. The van der Waals surface area contributed by atoms with Crippen LogP contribution in [0.15, 0.2) is 0 Å². The second-order valence-corrected chi connectivity index (χ2v) is 0.575. The van der Waals surface area contributed by atoms with Crippen LogP contribution in [0.3, 0.4) is 0 Å². The molecule has 0 saturated carbocycles. The SMILES string of the molecule is N.O.O=C([O-])C(=O)[O-].[Fe+2]. The van der Waals surface area contributed by atoms with Gasteiger partial charge in [0.15, 0.2) is 0 Å². The van der Waals surface area contributed by atoms with Crippen LogP contribution >= 0.6 is 0 Å². The van der Waals surface area contributed by atoms with Crippen LogP contribution in [0.1, 0.15) is 0 Å². The predicted molar refractivity (Wildman–Crippen MR) is 18.6 cm³/mol. The summed E-state index contributed by atoms with van der Waals surface area (Å²) in [6.45, 7) is 0. The van der Waals surface area contributed by atoms with E-state index in [0.29, 0.717) is 0 Å². The van der Waals surface area contributed by atoms with Crippen molar-refractivity contribution in [3.05, 3.63) is 0 Å². The van der Waals surface area contributed by atoms with Gasteiger partial charge in [-0.05, 0) is 0 Å². The third kappa shape index (κ3) is 18.7. The van der Waals surface area contributed by atoms with Crippen LogP contribution in [0.5, 0.6) is 0 Å². The molecule has 56 valence electrons. The van der Waals surface area contributed by atoms with Crippen LogP contribution in [-0.2, 0) is 26.7 Å². The maximum Gasteiger partial charge on any atom is 2.00 e. The van der Waals surface area contributed by atoms with E-state index >= 15 is 0 Å². The van der Waals surface area contributed by atoms with E-state index in [1.54, 1.807) is 0 Å². The van der Waals surface area contributed by atoms with E-state index in [-0.39, 0.29) is 28.7 Å². The Kier molecular flexibility index (Phi) is 27.4. The first-order valence-corrected chi connectivity index (χ1v) is 1.07. The molecular formula is C2H5FeNO5. The molecule has 0 rings (SSSR count). The van der Waals surface area contributed by atoms with Crippen LogP contribution in [0.2, 0.25) is 0 Å². The Labute approximate surface area is 61.2 Å². The van der Waals surface area contributed by atoms with Crippen molar-refractivity contribution in [3.8, 4) is 0 Å². The van der Waals surface area contributed by atoms with Crippen LogP contribution in [0.25, 0.3) is 0 Å². The van der Waals surface area contributed by atoms with Gasteiger partial charge in [-0.2, -0.15) is 0 Å². The molecule has 0 amide bonds. The van der Waals surface area contributed by atoms with Crippen molar-refractivity contribution in [2.45, 2.75) is 0 Å². The Hall–Kier alpha value is -0.621. The van der Waals surface area contributed by atoms with Crippen molar-refractivity contribution < 1.29 is 42.3 Å². The van der Waals surface area contributed by atoms with Gasteiger partial charge >= 0.3 is 17.1 Å². The zero-order valence-electron chi connectivity index (χ0n) is 4.19. The molecule has 0 atom stereocenters. The standard InChI is InChI=1S/C2H2O4.Fe.H3N.H2O/c3-1(4)2(5)6;;;/h(H,3,4)(H,5,6);;1H3;1H2/q;+2;;/p-2. The molecule has 6 nitrogen and oxygen atoms in total. The van der Waals surface area contributed by atoms with Gasteiger partial charge in [0.25, 0.3) is 0 Å². The zero-order chi connectivity index (χ0) is 5.15. The van der Waals surface area contributed by atoms with Crippen LogP contribution in [0.4, 0.5) is 0 Å². The first-order chi connectivity index (χ1) is 2.64. The number of carboxylic acids is 2. The van der Waals surface area contributed by atoms with Gasteiger partial charge in [0.2, 0.25) is 0 Å². The Bertz CT molecular complexity index is 81.0. The summed E-state index contributed by atoms with van der Waals surface area (Å²) in [6, 6.07) is 0. The predicted octanol–water partition coefficient (Wildman–Crippen LogP) is -4.18. The topological polar surface area (TPSA) is 147 Å². The number of hydrogen-bond acceptors (Lipinski definition) is 5. The summed E-state index contributed by atoms with van der Waals surface area (Å²) >= 11 is 0. The summed E-state index contributed by atoms with van der Waals surface area (Å²) in [4.78, 5) is 17.9. The summed E-state index contributed by atoms with van der Waals surface area (Å²) in [5, 5.41) is 17.9. The van der Waals surface area contributed by atoms with Crippen molar-refractivity contribution in [3.63, 3.8) is 0 Å². The number of carboxylic acid groups (broad SMARTS) is 2. The monoisotopic (exact) mass is 179 g/mol. The molecule has 0 aliphatic heterocycles. The normalized spacial score (nSPS) is 4.89. The Morgan fingerprint density at radius 1 is 1.00 bits per heavy atom. The quantitative estimate of drug-likeness (QED) is 0.295. The number of hydrogen-bond donors (Lipinski definition) is 1. The summed E-state index contributed by atoms with van der Waals surface area (Å²) < 4.78 is 0. The van der Waals surface area contributed by atoms with Crippen molar-refractivity contribution >= 4 is 11.9 Å². The van der Waals surface area contributed by atoms with Gasteiger partial charge in [-0.1, -0.05) is 0 Å². The third-order valence-corrected chi connectivity index (χ3v) is 0.167. The first kappa shape index (κ1) is 23.8. The number of carbonyl (C=O) groups is 2. The van der Waals surface area contributed by atoms with Crippen LogP contribution in [0, 0.1) is 0 Å². The molecule has 7 heteroatoms. The minimum atomic E-state index is -2.19. The van der Waals surface area contributed by atoms with Crippen LogP contribution < -0.4 is 16.4 Å². The fourth-order valence-electron chi connectivity index (χ4n) is 0. The second kappa shape index (κ2) is 10.4. The Morgan fingerprint density at radius 2 is 1.11 bits per heavy atom. The van der Waals surface area contributed by atoms with E-state index < -0.39 is 11.9 Å². The molecule has 0 aromatic rings. The van der Waals surface area contributed by atoms with E-state index in [1.165, 1.54) is 0 Å². The number of rotatable bonds is 0. The van der Waals surface area contributed by atoms with E-state index in [1.807, 2.05) is 0 Å². The summed E-state index contributed by atoms with van der Waals surface area (Å²) in [5.74, 6) is -4.37. The molecule has 0 aliphatic carbocycles. The zero-order valence-corrected chi connectivity index (χ0v) is 5.30. The van der Waals surface area contributed by atoms with Crippen molar-refractivity contribution in [2.75, 3.05) is 0 Å². The van der Waals surface area contributed by atoms with Crippen LogP contribution in [-0.4, -0.2) is 17.4 Å². The molecule has 9 heavy (non-hydrogen) atoms. The third-order valence-electron chi connectivity index (χ3n) is 0.167. The molecule has 0 radical (unpaired) electrons. The molecule has 0 aromatic carbocycles. The summed E-state index contributed by atoms with van der Waals surface area (Å²) in [5.41, 5.74) is 0. The molecule has 0 spiro atoms. The van der Waals surface area contributed by atoms with Gasteiger partial charge in [-0.25, -0.2) is 0 Å². The summed E-state index contributed by atoms with van der Waals surface area (Å²) in [6.07, 6.45) is 0. The molecule has 0 aliphatic rings. The van der Waals surface area contributed by atoms with Crippen molar-refractivity contribution in [1.82, 2.24) is 6.15 Å². The average Bonchev–Trinajstić information content (AvgIpc) is 1.36.